The maximum atomic E-state index is 12.9. The molecule has 0 heterocycles. The van der Waals surface area contributed by atoms with Crippen LogP contribution in [0.25, 0.3) is 10.4 Å². The van der Waals surface area contributed by atoms with Crippen molar-refractivity contribution in [1.29, 1.82) is 0 Å². The van der Waals surface area contributed by atoms with E-state index in [1.54, 1.807) is 12.1 Å². The minimum absolute atomic E-state index is 0.100. The van der Waals surface area contributed by atoms with Crippen LogP contribution in [0.3, 0.4) is 0 Å². The largest absolute Gasteiger partial charge is 0.376 e. The Morgan fingerprint density at radius 2 is 2.19 bits per heavy atom. The second-order valence-corrected chi connectivity index (χ2v) is 4.39. The van der Waals surface area contributed by atoms with E-state index in [4.69, 9.17) is 16.0 Å². The van der Waals surface area contributed by atoms with Gasteiger partial charge in [0.05, 0.1) is 18.7 Å². The van der Waals surface area contributed by atoms with E-state index in [0.29, 0.717) is 12.1 Å². The number of carbonyl (C=O) groups excluding carboxylic acids is 1. The molecule has 0 radical (unpaired) electrons. The third kappa shape index (κ3) is 5.39. The van der Waals surface area contributed by atoms with E-state index in [-0.39, 0.29) is 6.54 Å². The Kier molecular flexibility index (Phi) is 7.17. The highest BCUT2D eigenvalue weighted by Gasteiger charge is 2.21. The Morgan fingerprint density at radius 1 is 1.52 bits per heavy atom. The molecule has 3 N–H and O–H groups in total. The van der Waals surface area contributed by atoms with Crippen LogP contribution in [0.5, 0.6) is 0 Å². The van der Waals surface area contributed by atoms with Gasteiger partial charge in [0, 0.05) is 18.6 Å². The average Bonchev–Trinajstić information content (AvgIpc) is 2.48. The van der Waals surface area contributed by atoms with Crippen LogP contribution >= 0.6 is 0 Å². The van der Waals surface area contributed by atoms with Crippen LogP contribution in [0.1, 0.15) is 17.2 Å². The molecule has 1 rings (SSSR count). The number of carbonyl (C=O) groups is 1. The predicted molar refractivity (Wildman–Crippen MR) is 76.0 cm³/mol. The molecule has 21 heavy (non-hydrogen) atoms. The molecule has 0 unspecified atom stereocenters. The van der Waals surface area contributed by atoms with Gasteiger partial charge in [0.15, 0.2) is 0 Å². The molecule has 0 saturated carbocycles. The lowest BCUT2D eigenvalue weighted by Gasteiger charge is -2.20. The van der Waals surface area contributed by atoms with Crippen LogP contribution < -0.4 is 11.1 Å². The Hall–Kier alpha value is -2.15. The molecule has 1 aromatic carbocycles. The normalized spacial score (nSPS) is 13.2. The number of alkyl halides is 1. The van der Waals surface area contributed by atoms with Crippen LogP contribution in [0.15, 0.2) is 29.4 Å². The number of benzene rings is 1. The molecule has 114 valence electrons. The number of hydrogen-bond acceptors (Lipinski definition) is 4. The van der Waals surface area contributed by atoms with Gasteiger partial charge in [-0.2, -0.15) is 0 Å². The number of amides is 1. The maximum Gasteiger partial charge on any atom is 0.231 e. The molecule has 7 nitrogen and oxygen atoms in total. The summed E-state index contributed by atoms with van der Waals surface area (Å²) in [7, 11) is 1.43. The van der Waals surface area contributed by atoms with Crippen molar-refractivity contribution < 1.29 is 13.9 Å². The first-order valence-corrected chi connectivity index (χ1v) is 6.33. The van der Waals surface area contributed by atoms with Crippen LogP contribution in [0, 0.1) is 0 Å². The van der Waals surface area contributed by atoms with Gasteiger partial charge in [0.1, 0.15) is 6.67 Å². The molecule has 0 spiro atoms. The summed E-state index contributed by atoms with van der Waals surface area (Å²) in [6.07, 6.45) is -0.640. The lowest BCUT2D eigenvalue weighted by molar-refractivity contribution is -0.117. The summed E-state index contributed by atoms with van der Waals surface area (Å²) >= 11 is 0. The van der Waals surface area contributed by atoms with E-state index in [9.17, 15) is 9.18 Å². The van der Waals surface area contributed by atoms with E-state index in [2.05, 4.69) is 15.3 Å². The van der Waals surface area contributed by atoms with Crippen molar-refractivity contribution in [1.82, 2.24) is 5.32 Å². The summed E-state index contributed by atoms with van der Waals surface area (Å²) in [6, 6.07) is 6.27. The van der Waals surface area contributed by atoms with Gasteiger partial charge in [-0.15, -0.1) is 0 Å². The zero-order chi connectivity index (χ0) is 15.7. The van der Waals surface area contributed by atoms with Gasteiger partial charge in [0.2, 0.25) is 5.91 Å². The summed E-state index contributed by atoms with van der Waals surface area (Å²) < 4.78 is 18.1. The van der Waals surface area contributed by atoms with Crippen molar-refractivity contribution in [3.8, 4) is 0 Å². The number of azide groups is 1. The fourth-order valence-electron chi connectivity index (χ4n) is 1.91. The van der Waals surface area contributed by atoms with Gasteiger partial charge in [-0.1, -0.05) is 29.4 Å². The fraction of sp³-hybridized carbons (Fsp3) is 0.462. The molecule has 1 aromatic rings. The number of primary amides is 1. The zero-order valence-corrected chi connectivity index (χ0v) is 11.7. The molecule has 0 aliphatic rings. The van der Waals surface area contributed by atoms with Gasteiger partial charge in [-0.3, -0.25) is 9.18 Å². The number of nitrogens with zero attached hydrogens (tertiary/aromatic N) is 3. The number of nitrogens with one attached hydrogen (secondary N) is 1. The standard InChI is InChI=1S/C13H18FN5O2/c1-21-13(11(6-14)18-19-16)10-4-2-9(3-5-10)7-17-8-12(15)20/h2-5,11,13,17H,6-8H2,1H3,(H2,15,20)/t11-,13-/m1/s1. The molecule has 0 bridgehead atoms. The van der Waals surface area contributed by atoms with E-state index in [0.717, 1.165) is 5.56 Å². The third-order valence-corrected chi connectivity index (χ3v) is 2.90. The second kappa shape index (κ2) is 8.91. The topological polar surface area (TPSA) is 113 Å². The van der Waals surface area contributed by atoms with E-state index in [1.165, 1.54) is 7.11 Å². The SMILES string of the molecule is CO[C@H](c1ccc(CNCC(N)=O)cc1)[C@@H](CF)N=[N+]=[N-]. The zero-order valence-electron chi connectivity index (χ0n) is 11.7. The van der Waals surface area contributed by atoms with Gasteiger partial charge in [-0.25, -0.2) is 0 Å². The summed E-state index contributed by atoms with van der Waals surface area (Å²) in [4.78, 5) is 13.2. The van der Waals surface area contributed by atoms with Crippen LogP contribution in [0.4, 0.5) is 4.39 Å². The molecule has 0 aromatic heterocycles. The lowest BCUT2D eigenvalue weighted by Crippen LogP contribution is -2.28. The van der Waals surface area contributed by atoms with Crippen LogP contribution in [0.2, 0.25) is 0 Å². The number of nitrogens with two attached hydrogens (primary N) is 1. The molecule has 2 atom stereocenters. The summed E-state index contributed by atoms with van der Waals surface area (Å²) in [6.45, 7) is -0.211. The van der Waals surface area contributed by atoms with Gasteiger partial charge >= 0.3 is 0 Å². The predicted octanol–water partition coefficient (Wildman–Crippen LogP) is 1.60. The quantitative estimate of drug-likeness (QED) is 0.409. The Balaban J connectivity index is 2.74. The average molecular weight is 295 g/mol. The highest BCUT2D eigenvalue weighted by atomic mass is 19.1. The Morgan fingerprint density at radius 3 is 2.67 bits per heavy atom. The molecule has 8 heteroatoms. The first kappa shape index (κ1) is 16.9. The molecular weight excluding hydrogens is 277 g/mol. The van der Waals surface area contributed by atoms with Crippen molar-refractivity contribution in [2.75, 3.05) is 20.3 Å². The molecular formula is C13H18FN5O2. The highest BCUT2D eigenvalue weighted by Crippen LogP contribution is 2.24. The summed E-state index contributed by atoms with van der Waals surface area (Å²) in [5.41, 5.74) is 15.1. The first-order chi connectivity index (χ1) is 10.1. The second-order valence-electron chi connectivity index (χ2n) is 4.39. The maximum absolute atomic E-state index is 12.9. The summed E-state index contributed by atoms with van der Waals surface area (Å²) in [5.74, 6) is -0.425. The number of hydrogen-bond donors (Lipinski definition) is 2. The molecule has 1 amide bonds. The number of rotatable bonds is 9. The molecule has 0 aliphatic heterocycles. The first-order valence-electron chi connectivity index (χ1n) is 6.33. The van der Waals surface area contributed by atoms with Gasteiger partial charge in [0.25, 0.3) is 0 Å². The van der Waals surface area contributed by atoms with Crippen LogP contribution in [-0.4, -0.2) is 32.3 Å². The number of ether oxygens (including phenoxy) is 1. The van der Waals surface area contributed by atoms with Crippen molar-refractivity contribution in [2.24, 2.45) is 10.8 Å². The van der Waals surface area contributed by atoms with E-state index in [1.807, 2.05) is 12.1 Å². The Bertz CT molecular complexity index is 502. The van der Waals surface area contributed by atoms with Gasteiger partial charge in [-0.05, 0) is 16.7 Å². The van der Waals surface area contributed by atoms with Crippen molar-refractivity contribution in [3.63, 3.8) is 0 Å². The third-order valence-electron chi connectivity index (χ3n) is 2.90. The molecule has 0 saturated heterocycles. The highest BCUT2D eigenvalue weighted by molar-refractivity contribution is 5.75. The number of halogens is 1. The van der Waals surface area contributed by atoms with Gasteiger partial charge < -0.3 is 15.8 Å². The monoisotopic (exact) mass is 295 g/mol. The van der Waals surface area contributed by atoms with E-state index >= 15 is 0 Å². The Labute approximate surface area is 121 Å². The minimum Gasteiger partial charge on any atom is -0.376 e. The summed E-state index contributed by atoms with van der Waals surface area (Å²) in [5, 5.41) is 6.28. The van der Waals surface area contributed by atoms with Crippen molar-refractivity contribution in [3.05, 3.63) is 45.8 Å². The van der Waals surface area contributed by atoms with Crippen molar-refractivity contribution in [2.45, 2.75) is 18.7 Å². The van der Waals surface area contributed by atoms with Crippen LogP contribution in [-0.2, 0) is 16.1 Å². The fourth-order valence-corrected chi connectivity index (χ4v) is 1.91. The molecule has 0 aliphatic carbocycles. The van der Waals surface area contributed by atoms with E-state index < -0.39 is 24.7 Å². The lowest BCUT2D eigenvalue weighted by atomic mass is 10.0. The minimum atomic E-state index is -0.904. The van der Waals surface area contributed by atoms with Crippen molar-refractivity contribution >= 4 is 5.91 Å². The number of methoxy groups -OCH3 is 1. The smallest absolute Gasteiger partial charge is 0.231 e. The molecule has 0 fully saturated rings.